The summed E-state index contributed by atoms with van der Waals surface area (Å²) in [7, 11) is 0. The highest BCUT2D eigenvalue weighted by molar-refractivity contribution is 8.18. The van der Waals surface area contributed by atoms with Gasteiger partial charge < -0.3 is 5.32 Å². The molecule has 0 radical (unpaired) electrons. The molecule has 3 heterocycles. The quantitative estimate of drug-likeness (QED) is 0.702. The van der Waals surface area contributed by atoms with Gasteiger partial charge >= 0.3 is 0 Å². The number of hydrogen-bond acceptors (Lipinski definition) is 5. The molecule has 0 spiro atoms. The van der Waals surface area contributed by atoms with Crippen LogP contribution >= 0.6 is 34.7 Å². The number of nitrogens with zero attached hydrogens (tertiary/aromatic N) is 3. The Hall–Kier alpha value is -2.16. The summed E-state index contributed by atoms with van der Waals surface area (Å²) in [5.41, 5.74) is 1.22. The molecular weight excluding hydrogens is 371 g/mol. The molecule has 2 aromatic heterocycles. The number of thioether (sulfide) groups is 1. The second-order valence-electron chi connectivity index (χ2n) is 4.80. The molecule has 120 valence electrons. The van der Waals surface area contributed by atoms with Crippen LogP contribution in [-0.4, -0.2) is 20.5 Å². The maximum absolute atomic E-state index is 13.0. The van der Waals surface area contributed by atoms with Crippen LogP contribution in [-0.2, 0) is 0 Å². The van der Waals surface area contributed by atoms with E-state index in [2.05, 4.69) is 15.3 Å². The van der Waals surface area contributed by atoms with Gasteiger partial charge in [0.05, 0.1) is 16.3 Å². The fourth-order valence-electron chi connectivity index (χ4n) is 2.19. The van der Waals surface area contributed by atoms with Crippen molar-refractivity contribution in [2.24, 2.45) is 4.99 Å². The van der Waals surface area contributed by atoms with E-state index in [1.807, 2.05) is 16.0 Å². The minimum Gasteiger partial charge on any atom is -0.300 e. The molecule has 1 aliphatic rings. The molecule has 3 aromatic rings. The predicted molar refractivity (Wildman–Crippen MR) is 95.7 cm³/mol. The molecule has 0 aliphatic carbocycles. The van der Waals surface area contributed by atoms with Crippen molar-refractivity contribution in [3.05, 3.63) is 57.4 Å². The van der Waals surface area contributed by atoms with Gasteiger partial charge in [-0.15, -0.1) is 11.3 Å². The molecule has 1 fully saturated rings. The van der Waals surface area contributed by atoms with E-state index in [0.717, 1.165) is 16.7 Å². The van der Waals surface area contributed by atoms with Crippen LogP contribution in [0.4, 0.5) is 14.9 Å². The molecule has 1 amide bonds. The van der Waals surface area contributed by atoms with Crippen molar-refractivity contribution < 1.29 is 9.18 Å². The summed E-state index contributed by atoms with van der Waals surface area (Å²) in [5, 5.41) is 4.71. The van der Waals surface area contributed by atoms with Crippen LogP contribution in [0.3, 0.4) is 0 Å². The van der Waals surface area contributed by atoms with E-state index >= 15 is 0 Å². The Morgan fingerprint density at radius 3 is 2.92 bits per heavy atom. The Balaban J connectivity index is 1.77. The average Bonchev–Trinajstić information content (AvgIpc) is 3.20. The number of nitrogens with one attached hydrogen (secondary N) is 1. The van der Waals surface area contributed by atoms with Crippen molar-refractivity contribution in [1.82, 2.24) is 14.7 Å². The summed E-state index contributed by atoms with van der Waals surface area (Å²) in [5.74, 6) is 0.0586. The minimum atomic E-state index is -0.342. The Morgan fingerprint density at radius 2 is 2.12 bits per heavy atom. The number of fused-ring (bicyclic) bond motifs is 1. The van der Waals surface area contributed by atoms with E-state index in [9.17, 15) is 9.18 Å². The van der Waals surface area contributed by atoms with Crippen LogP contribution < -0.4 is 5.32 Å². The average molecular weight is 379 g/mol. The fraction of sp³-hybridized carbons (Fsp3) is 0. The van der Waals surface area contributed by atoms with E-state index in [1.54, 1.807) is 6.08 Å². The summed E-state index contributed by atoms with van der Waals surface area (Å²) in [6.45, 7) is 0. The number of benzene rings is 1. The summed E-state index contributed by atoms with van der Waals surface area (Å²) >= 11 is 8.68. The zero-order valence-corrected chi connectivity index (χ0v) is 14.3. The van der Waals surface area contributed by atoms with Gasteiger partial charge in [-0.25, -0.2) is 14.4 Å². The molecule has 1 aliphatic heterocycles. The zero-order chi connectivity index (χ0) is 16.7. The van der Waals surface area contributed by atoms with Crippen molar-refractivity contribution in [1.29, 1.82) is 0 Å². The van der Waals surface area contributed by atoms with E-state index < -0.39 is 0 Å². The van der Waals surface area contributed by atoms with E-state index in [4.69, 9.17) is 11.6 Å². The largest absolute Gasteiger partial charge is 0.300 e. The second kappa shape index (κ2) is 6.04. The van der Waals surface area contributed by atoms with Crippen molar-refractivity contribution in [2.75, 3.05) is 0 Å². The predicted octanol–water partition coefficient (Wildman–Crippen LogP) is 4.72. The molecule has 9 heteroatoms. The molecule has 0 atom stereocenters. The van der Waals surface area contributed by atoms with Gasteiger partial charge in [-0.2, -0.15) is 0 Å². The molecule has 0 bridgehead atoms. The van der Waals surface area contributed by atoms with Crippen LogP contribution in [0.1, 0.15) is 5.69 Å². The Labute approximate surface area is 148 Å². The first-order valence-electron chi connectivity index (χ1n) is 6.76. The summed E-state index contributed by atoms with van der Waals surface area (Å²) in [6, 6.07) is 5.71. The summed E-state index contributed by atoms with van der Waals surface area (Å²) in [4.78, 5) is 21.8. The number of halogens is 2. The highest BCUT2D eigenvalue weighted by Gasteiger charge is 2.25. The highest BCUT2D eigenvalue weighted by Crippen LogP contribution is 2.31. The van der Waals surface area contributed by atoms with Crippen LogP contribution in [0.25, 0.3) is 11.0 Å². The first kappa shape index (κ1) is 15.4. The maximum Gasteiger partial charge on any atom is 0.289 e. The lowest BCUT2D eigenvalue weighted by Gasteiger charge is -2.00. The standard InChI is InChI=1S/C15H8ClFN4OS2/c16-12-10(21-5-6-23-14(21)19-12)7-11-13(20-15(22)24-11)18-9-3-1-8(17)2-4-9/h1-7H,(H,18,20,22)/b11-7-. The van der Waals surface area contributed by atoms with Gasteiger partial charge in [0, 0.05) is 11.6 Å². The lowest BCUT2D eigenvalue weighted by atomic mass is 10.3. The SMILES string of the molecule is O=C1NC(=Nc2ccc(F)cc2)/C(=C/c2c(Cl)nc3sccn23)S1. The van der Waals surface area contributed by atoms with Crippen LogP contribution in [0.5, 0.6) is 0 Å². The van der Waals surface area contributed by atoms with Crippen LogP contribution in [0.2, 0.25) is 5.15 Å². The molecule has 1 N–H and O–H groups in total. The lowest BCUT2D eigenvalue weighted by Crippen LogP contribution is -2.18. The molecule has 24 heavy (non-hydrogen) atoms. The third-order valence-corrected chi connectivity index (χ3v) is 5.10. The number of amidine groups is 1. The Morgan fingerprint density at radius 1 is 1.33 bits per heavy atom. The first-order valence-corrected chi connectivity index (χ1v) is 8.84. The number of imidazole rings is 1. The van der Waals surface area contributed by atoms with E-state index in [1.165, 1.54) is 35.6 Å². The molecule has 5 nitrogen and oxygen atoms in total. The van der Waals surface area contributed by atoms with Gasteiger partial charge in [0.25, 0.3) is 5.24 Å². The number of aromatic nitrogens is 2. The molecular formula is C15H8ClFN4OS2. The third kappa shape index (κ3) is 2.83. The third-order valence-electron chi connectivity index (χ3n) is 3.25. The van der Waals surface area contributed by atoms with Crippen LogP contribution in [0, 0.1) is 5.82 Å². The topological polar surface area (TPSA) is 58.8 Å². The molecule has 0 saturated carbocycles. The second-order valence-corrected chi connectivity index (χ2v) is 7.05. The number of carbonyl (C=O) groups is 1. The van der Waals surface area contributed by atoms with Crippen molar-refractivity contribution in [3.8, 4) is 0 Å². The van der Waals surface area contributed by atoms with Crippen molar-refractivity contribution in [3.63, 3.8) is 0 Å². The van der Waals surface area contributed by atoms with Crippen LogP contribution in [0.15, 0.2) is 45.7 Å². The summed E-state index contributed by atoms with van der Waals surface area (Å²) < 4.78 is 14.8. The highest BCUT2D eigenvalue weighted by atomic mass is 35.5. The fourth-order valence-corrected chi connectivity index (χ4v) is 3.90. The van der Waals surface area contributed by atoms with E-state index in [-0.39, 0.29) is 11.1 Å². The van der Waals surface area contributed by atoms with E-state index in [0.29, 0.717) is 27.3 Å². The number of thiazole rings is 1. The minimum absolute atomic E-state index is 0.232. The number of rotatable bonds is 2. The normalized spacial score (nSPS) is 18.0. The number of carbonyl (C=O) groups excluding carboxylic acids is 1. The Bertz CT molecular complexity index is 1010. The lowest BCUT2D eigenvalue weighted by molar-refractivity contribution is 0.265. The smallest absolute Gasteiger partial charge is 0.289 e. The summed E-state index contributed by atoms with van der Waals surface area (Å²) in [6.07, 6.45) is 3.62. The Kier molecular flexibility index (Phi) is 3.87. The first-order chi connectivity index (χ1) is 11.6. The number of amides is 1. The van der Waals surface area contributed by atoms with Crippen molar-refractivity contribution >= 4 is 62.5 Å². The number of aliphatic imine (C=N–C) groups is 1. The zero-order valence-electron chi connectivity index (χ0n) is 11.9. The molecule has 0 unspecified atom stereocenters. The molecule has 4 rings (SSSR count). The van der Waals surface area contributed by atoms with Gasteiger partial charge in [0.1, 0.15) is 11.7 Å². The van der Waals surface area contributed by atoms with Gasteiger partial charge in [0.2, 0.25) is 0 Å². The van der Waals surface area contributed by atoms with Gasteiger partial charge in [-0.05, 0) is 42.1 Å². The van der Waals surface area contributed by atoms with Gasteiger partial charge in [0.15, 0.2) is 10.1 Å². The number of hydrogen-bond donors (Lipinski definition) is 1. The van der Waals surface area contributed by atoms with Gasteiger partial charge in [-0.3, -0.25) is 9.20 Å². The monoisotopic (exact) mass is 378 g/mol. The van der Waals surface area contributed by atoms with Crippen molar-refractivity contribution in [2.45, 2.75) is 0 Å². The molecule has 1 aromatic carbocycles. The van der Waals surface area contributed by atoms with Gasteiger partial charge in [-0.1, -0.05) is 11.6 Å². The maximum atomic E-state index is 13.0. The molecule has 1 saturated heterocycles.